The molecule has 4 N–H and O–H groups in total. The fraction of sp³-hybridized carbons (Fsp3) is 0.500. The number of nitrogens with two attached hydrogens (primary N) is 1. The number of hydrogen-bond donors (Lipinski definition) is 3. The van der Waals surface area contributed by atoms with Crippen LogP contribution < -0.4 is 11.1 Å². The Labute approximate surface area is 162 Å². The molecular weight excluding hydrogens is 372 g/mol. The molecule has 0 saturated carbocycles. The summed E-state index contributed by atoms with van der Waals surface area (Å²) >= 11 is 6.36. The van der Waals surface area contributed by atoms with E-state index in [0.717, 1.165) is 0 Å². The molecule has 8 nitrogen and oxygen atoms in total. The third-order valence-corrected chi connectivity index (χ3v) is 5.46. The number of carboxylic acid groups (broad SMARTS) is 1. The zero-order chi connectivity index (χ0) is 19.8. The Hall–Kier alpha value is -2.32. The molecule has 2 saturated heterocycles. The van der Waals surface area contributed by atoms with Crippen LogP contribution in [0.4, 0.5) is 10.5 Å². The number of ether oxygens (including phenoxy) is 1. The minimum atomic E-state index is -1.38. The van der Waals surface area contributed by atoms with Crippen molar-refractivity contribution in [1.82, 2.24) is 10.2 Å². The van der Waals surface area contributed by atoms with Crippen LogP contribution in [0, 0.1) is 0 Å². The summed E-state index contributed by atoms with van der Waals surface area (Å²) in [6, 6.07) is 5.01. The van der Waals surface area contributed by atoms with Gasteiger partial charge in [0.2, 0.25) is 11.9 Å². The molecule has 0 unspecified atom stereocenters. The number of nitrogens with one attached hydrogen (secondary N) is 1. The zero-order valence-electron chi connectivity index (χ0n) is 15.2. The van der Waals surface area contributed by atoms with Gasteiger partial charge in [0.05, 0.1) is 28.8 Å². The highest BCUT2D eigenvalue weighted by atomic mass is 35.5. The second-order valence-corrected chi connectivity index (χ2v) is 7.56. The van der Waals surface area contributed by atoms with E-state index < -0.39 is 11.6 Å². The molecule has 146 valence electrons. The predicted octanol–water partition coefficient (Wildman–Crippen LogP) is 2.56. The van der Waals surface area contributed by atoms with Crippen LogP contribution in [0.25, 0.3) is 0 Å². The Morgan fingerprint density at radius 1 is 1.52 bits per heavy atom. The number of hydrogen-bond acceptors (Lipinski definition) is 4. The van der Waals surface area contributed by atoms with E-state index in [4.69, 9.17) is 22.1 Å². The second-order valence-electron chi connectivity index (χ2n) is 7.18. The molecule has 9 heteroatoms. The molecule has 3 atom stereocenters. The van der Waals surface area contributed by atoms with Crippen molar-refractivity contribution in [2.24, 2.45) is 4.99 Å². The number of anilines is 1. The minimum Gasteiger partial charge on any atom is -0.463 e. The highest BCUT2D eigenvalue weighted by Gasteiger charge is 2.44. The van der Waals surface area contributed by atoms with Gasteiger partial charge in [-0.25, -0.2) is 4.79 Å². The van der Waals surface area contributed by atoms with Gasteiger partial charge in [0.1, 0.15) is 0 Å². The van der Waals surface area contributed by atoms with Gasteiger partial charge in [-0.05, 0) is 38.3 Å². The standard InChI is InChI=1S/C18H23ClN4O4/c1-10-8-11(6-7-27-10)23-14(24)9-18(2,22-16(23)21-17(25)26)12-4-3-5-13(20)15(12)19/h3-5,10-11H,6-9,20H2,1-2H3,(H,21,22)(H,25,26)/t10-,11-,18-/m0/s1. The van der Waals surface area contributed by atoms with Gasteiger partial charge in [-0.3, -0.25) is 9.69 Å². The highest BCUT2D eigenvalue weighted by molar-refractivity contribution is 6.34. The van der Waals surface area contributed by atoms with Crippen LogP contribution >= 0.6 is 11.6 Å². The number of aliphatic imine (C=N–C) groups is 1. The molecule has 2 fully saturated rings. The lowest BCUT2D eigenvalue weighted by atomic mass is 9.85. The highest BCUT2D eigenvalue weighted by Crippen LogP contribution is 2.37. The number of benzene rings is 1. The number of carbonyl (C=O) groups is 2. The number of nitrogen functional groups attached to an aromatic ring is 1. The van der Waals surface area contributed by atoms with Gasteiger partial charge in [-0.2, -0.15) is 0 Å². The SMILES string of the molecule is C[C@H]1C[C@@H](N2C(=O)C[C@@](C)(c3cccc(N)c3Cl)N/C2=N\C(=O)O)CCO1. The maximum absolute atomic E-state index is 13.1. The van der Waals surface area contributed by atoms with E-state index in [-0.39, 0.29) is 30.4 Å². The molecule has 1 aromatic rings. The summed E-state index contributed by atoms with van der Waals surface area (Å²) in [5.74, 6) is -0.201. The van der Waals surface area contributed by atoms with Crippen LogP contribution in [-0.2, 0) is 15.1 Å². The largest absolute Gasteiger partial charge is 0.463 e. The first-order chi connectivity index (χ1) is 12.7. The van der Waals surface area contributed by atoms with Crippen LogP contribution in [0.1, 0.15) is 38.7 Å². The fourth-order valence-electron chi connectivity index (χ4n) is 3.75. The van der Waals surface area contributed by atoms with Crippen molar-refractivity contribution in [3.63, 3.8) is 0 Å². The molecule has 0 bridgehead atoms. The van der Waals surface area contributed by atoms with Gasteiger partial charge in [0.25, 0.3) is 0 Å². The second kappa shape index (κ2) is 7.36. The third-order valence-electron chi connectivity index (χ3n) is 5.04. The number of rotatable bonds is 2. The van der Waals surface area contributed by atoms with E-state index in [2.05, 4.69) is 10.3 Å². The van der Waals surface area contributed by atoms with Crippen LogP contribution in [0.3, 0.4) is 0 Å². The quantitative estimate of drug-likeness (QED) is 0.663. The molecule has 2 aliphatic heterocycles. The van der Waals surface area contributed by atoms with Crippen LogP contribution in [0.15, 0.2) is 23.2 Å². The number of carbonyl (C=O) groups excluding carboxylic acids is 1. The molecule has 0 aromatic heterocycles. The van der Waals surface area contributed by atoms with Crippen molar-refractivity contribution in [1.29, 1.82) is 0 Å². The molecule has 2 aliphatic rings. The van der Waals surface area contributed by atoms with Gasteiger partial charge in [-0.1, -0.05) is 23.7 Å². The number of amides is 2. The molecule has 2 heterocycles. The first-order valence-electron chi connectivity index (χ1n) is 8.79. The predicted molar refractivity (Wildman–Crippen MR) is 102 cm³/mol. The molecule has 0 aliphatic carbocycles. The molecule has 0 radical (unpaired) electrons. The first kappa shape index (κ1) is 19.4. The molecule has 0 spiro atoms. The van der Waals surface area contributed by atoms with Gasteiger partial charge < -0.3 is 20.9 Å². The Morgan fingerprint density at radius 3 is 2.93 bits per heavy atom. The van der Waals surface area contributed by atoms with Gasteiger partial charge in [-0.15, -0.1) is 4.99 Å². The first-order valence-corrected chi connectivity index (χ1v) is 9.17. The van der Waals surface area contributed by atoms with Crippen LogP contribution in [0.2, 0.25) is 5.02 Å². The maximum atomic E-state index is 13.1. The summed E-state index contributed by atoms with van der Waals surface area (Å²) in [4.78, 5) is 29.5. The Bertz CT molecular complexity index is 800. The van der Waals surface area contributed by atoms with E-state index in [1.807, 2.05) is 6.92 Å². The van der Waals surface area contributed by atoms with Gasteiger partial charge in [0, 0.05) is 12.6 Å². The van der Waals surface area contributed by atoms with Crippen LogP contribution in [0.5, 0.6) is 0 Å². The van der Waals surface area contributed by atoms with Crippen molar-refractivity contribution in [3.05, 3.63) is 28.8 Å². The minimum absolute atomic E-state index is 0.0128. The van der Waals surface area contributed by atoms with E-state index >= 15 is 0 Å². The van der Waals surface area contributed by atoms with E-state index in [1.165, 1.54) is 4.90 Å². The topological polar surface area (TPSA) is 117 Å². The molecule has 3 rings (SSSR count). The Kier molecular flexibility index (Phi) is 5.30. The van der Waals surface area contributed by atoms with Crippen molar-refractivity contribution in [3.8, 4) is 0 Å². The Morgan fingerprint density at radius 2 is 2.26 bits per heavy atom. The lowest BCUT2D eigenvalue weighted by Crippen LogP contribution is -2.63. The molecule has 2 amide bonds. The fourth-order valence-corrected chi connectivity index (χ4v) is 4.09. The average Bonchev–Trinajstić information content (AvgIpc) is 2.56. The number of guanidine groups is 1. The summed E-state index contributed by atoms with van der Waals surface area (Å²) < 4.78 is 5.54. The summed E-state index contributed by atoms with van der Waals surface area (Å²) in [5.41, 5.74) is 5.99. The number of halogens is 1. The average molecular weight is 395 g/mol. The number of nitrogens with zero attached hydrogens (tertiary/aromatic N) is 2. The molecule has 27 heavy (non-hydrogen) atoms. The normalized spacial score (nSPS) is 30.3. The summed E-state index contributed by atoms with van der Waals surface area (Å²) in [7, 11) is 0. The van der Waals surface area contributed by atoms with Gasteiger partial charge in [0.15, 0.2) is 0 Å². The Balaban J connectivity index is 1.99. The summed E-state index contributed by atoms with van der Waals surface area (Å²) in [5, 5.41) is 12.7. The lowest BCUT2D eigenvalue weighted by Gasteiger charge is -2.45. The van der Waals surface area contributed by atoms with Crippen molar-refractivity contribution < 1.29 is 19.4 Å². The zero-order valence-corrected chi connectivity index (χ0v) is 16.0. The van der Waals surface area contributed by atoms with Gasteiger partial charge >= 0.3 is 6.09 Å². The maximum Gasteiger partial charge on any atom is 0.434 e. The third kappa shape index (κ3) is 3.86. The lowest BCUT2D eigenvalue weighted by molar-refractivity contribution is -0.134. The summed E-state index contributed by atoms with van der Waals surface area (Å²) in [6.45, 7) is 4.22. The molecular formula is C18H23ClN4O4. The summed E-state index contributed by atoms with van der Waals surface area (Å²) in [6.07, 6.45) is -0.0632. The van der Waals surface area contributed by atoms with Crippen molar-refractivity contribution >= 4 is 35.2 Å². The molecule has 1 aromatic carbocycles. The van der Waals surface area contributed by atoms with E-state index in [9.17, 15) is 14.7 Å². The van der Waals surface area contributed by atoms with E-state index in [0.29, 0.717) is 35.7 Å². The van der Waals surface area contributed by atoms with Crippen molar-refractivity contribution in [2.45, 2.75) is 50.8 Å². The smallest absolute Gasteiger partial charge is 0.434 e. The van der Waals surface area contributed by atoms with E-state index in [1.54, 1.807) is 25.1 Å². The van der Waals surface area contributed by atoms with Crippen LogP contribution in [-0.4, -0.2) is 46.7 Å². The monoisotopic (exact) mass is 394 g/mol. The van der Waals surface area contributed by atoms with Crippen molar-refractivity contribution in [2.75, 3.05) is 12.3 Å².